The Kier molecular flexibility index (Phi) is 8.39. The Morgan fingerprint density at radius 1 is 1.19 bits per heavy atom. The predicted octanol–water partition coefficient (Wildman–Crippen LogP) is 3.04. The van der Waals surface area contributed by atoms with E-state index in [9.17, 15) is 9.59 Å². The lowest BCUT2D eigenvalue weighted by molar-refractivity contribution is -0.122. The molecular formula is C20H30ClN3O2. The minimum Gasteiger partial charge on any atom is -0.355 e. The molecule has 0 unspecified atom stereocenters. The number of hydrogen-bond acceptors (Lipinski definition) is 3. The smallest absolute Gasteiger partial charge is 0.255 e. The van der Waals surface area contributed by atoms with E-state index in [-0.39, 0.29) is 11.8 Å². The molecule has 0 atom stereocenters. The molecule has 26 heavy (non-hydrogen) atoms. The third kappa shape index (κ3) is 5.99. The molecule has 2 amide bonds. The first-order valence-corrected chi connectivity index (χ1v) is 9.95. The number of carbonyl (C=O) groups is 2. The van der Waals surface area contributed by atoms with Crippen molar-refractivity contribution in [2.24, 2.45) is 5.92 Å². The quantitative estimate of drug-likeness (QED) is 0.755. The van der Waals surface area contributed by atoms with E-state index in [1.807, 2.05) is 17.0 Å². The van der Waals surface area contributed by atoms with Gasteiger partial charge in [-0.15, -0.1) is 0 Å². The van der Waals surface area contributed by atoms with Gasteiger partial charge >= 0.3 is 0 Å². The average Bonchev–Trinajstić information content (AvgIpc) is 2.66. The first-order valence-electron chi connectivity index (χ1n) is 9.58. The minimum absolute atomic E-state index is 0.0160. The Morgan fingerprint density at radius 2 is 1.85 bits per heavy atom. The van der Waals surface area contributed by atoms with Crippen LogP contribution < -0.4 is 5.32 Å². The first-order chi connectivity index (χ1) is 12.5. The van der Waals surface area contributed by atoms with Crippen LogP contribution in [0.15, 0.2) is 24.3 Å². The maximum Gasteiger partial charge on any atom is 0.255 e. The van der Waals surface area contributed by atoms with Crippen LogP contribution >= 0.6 is 11.6 Å². The summed E-state index contributed by atoms with van der Waals surface area (Å²) in [6, 6.07) is 7.16. The molecule has 1 aromatic carbocycles. The highest BCUT2D eigenvalue weighted by Crippen LogP contribution is 2.24. The van der Waals surface area contributed by atoms with Crippen LogP contribution in [-0.4, -0.2) is 60.9 Å². The Bertz CT molecular complexity index is 596. The van der Waals surface area contributed by atoms with Crippen LogP contribution in [-0.2, 0) is 4.79 Å². The van der Waals surface area contributed by atoms with Crippen molar-refractivity contribution in [2.45, 2.75) is 33.1 Å². The van der Waals surface area contributed by atoms with Gasteiger partial charge in [-0.3, -0.25) is 9.59 Å². The molecular weight excluding hydrogens is 350 g/mol. The summed E-state index contributed by atoms with van der Waals surface area (Å²) in [5, 5.41) is 3.51. The van der Waals surface area contributed by atoms with Crippen LogP contribution in [0.25, 0.3) is 0 Å². The maximum atomic E-state index is 12.6. The fourth-order valence-electron chi connectivity index (χ4n) is 3.37. The van der Waals surface area contributed by atoms with Crippen molar-refractivity contribution < 1.29 is 9.59 Å². The summed E-state index contributed by atoms with van der Waals surface area (Å²) >= 11 is 6.12. The zero-order valence-corrected chi connectivity index (χ0v) is 16.6. The Labute approximate surface area is 161 Å². The zero-order chi connectivity index (χ0) is 18.9. The molecule has 0 bridgehead atoms. The van der Waals surface area contributed by atoms with Crippen LogP contribution in [0.1, 0.15) is 43.5 Å². The minimum atomic E-state index is -0.0160. The number of hydrogen-bond donors (Lipinski definition) is 1. The fraction of sp³-hybridized carbons (Fsp3) is 0.600. The normalized spacial score (nSPS) is 15.3. The van der Waals surface area contributed by atoms with Crippen molar-refractivity contribution in [3.05, 3.63) is 34.9 Å². The molecule has 1 fully saturated rings. The van der Waals surface area contributed by atoms with Gasteiger partial charge in [0.15, 0.2) is 0 Å². The number of nitrogens with one attached hydrogen (secondary N) is 1. The monoisotopic (exact) mass is 379 g/mol. The summed E-state index contributed by atoms with van der Waals surface area (Å²) in [6.07, 6.45) is 2.27. The van der Waals surface area contributed by atoms with Gasteiger partial charge in [-0.25, -0.2) is 0 Å². The van der Waals surface area contributed by atoms with Gasteiger partial charge in [0.05, 0.1) is 10.6 Å². The van der Waals surface area contributed by atoms with Crippen LogP contribution in [0.5, 0.6) is 0 Å². The number of benzene rings is 1. The first kappa shape index (κ1) is 20.7. The number of halogens is 1. The topological polar surface area (TPSA) is 52.7 Å². The molecule has 1 N–H and O–H groups in total. The molecule has 1 aliphatic heterocycles. The van der Waals surface area contributed by atoms with Crippen molar-refractivity contribution >= 4 is 23.4 Å². The van der Waals surface area contributed by atoms with Gasteiger partial charge in [0.25, 0.3) is 5.91 Å². The van der Waals surface area contributed by atoms with Crippen molar-refractivity contribution in [3.8, 4) is 0 Å². The second-order valence-corrected chi connectivity index (χ2v) is 7.20. The zero-order valence-electron chi connectivity index (χ0n) is 15.8. The molecule has 1 saturated heterocycles. The highest BCUT2D eigenvalue weighted by Gasteiger charge is 2.25. The molecule has 2 rings (SSSR count). The van der Waals surface area contributed by atoms with E-state index in [2.05, 4.69) is 24.1 Å². The molecule has 5 nitrogen and oxygen atoms in total. The van der Waals surface area contributed by atoms with Crippen molar-refractivity contribution in [2.75, 3.05) is 39.3 Å². The molecule has 0 aromatic heterocycles. The molecule has 6 heteroatoms. The number of amides is 2. The number of likely N-dealkylation sites (tertiary alicyclic amines) is 1. The van der Waals surface area contributed by atoms with E-state index in [4.69, 9.17) is 11.6 Å². The largest absolute Gasteiger partial charge is 0.355 e. The summed E-state index contributed by atoms with van der Waals surface area (Å²) in [7, 11) is 0. The molecule has 0 saturated carbocycles. The van der Waals surface area contributed by atoms with Crippen LogP contribution in [0.3, 0.4) is 0 Å². The lowest BCUT2D eigenvalue weighted by atomic mass is 9.93. The predicted molar refractivity (Wildman–Crippen MR) is 105 cm³/mol. The molecule has 0 aliphatic carbocycles. The Balaban J connectivity index is 1.72. The van der Waals surface area contributed by atoms with Gasteiger partial charge in [0.2, 0.25) is 5.91 Å². The second kappa shape index (κ2) is 10.5. The molecule has 1 heterocycles. The Hall–Kier alpha value is -1.59. The van der Waals surface area contributed by atoms with E-state index in [0.717, 1.165) is 32.5 Å². The molecule has 1 aromatic rings. The number of nitrogens with zero attached hydrogens (tertiary/aromatic N) is 2. The second-order valence-electron chi connectivity index (χ2n) is 6.80. The van der Waals surface area contributed by atoms with E-state index in [1.54, 1.807) is 12.1 Å². The standard InChI is InChI=1S/C20H30ClN3O2/c1-3-23(4-2)14-11-22-19(25)15-16-9-12-24(13-10-16)20(26)17-7-5-6-8-18(17)21/h5-8,16H,3-4,9-15H2,1-2H3,(H,22,25). The van der Waals surface area contributed by atoms with Crippen LogP contribution in [0.4, 0.5) is 0 Å². The summed E-state index contributed by atoms with van der Waals surface area (Å²) in [6.45, 7) is 9.22. The van der Waals surface area contributed by atoms with Crippen LogP contribution in [0, 0.1) is 5.92 Å². The SMILES string of the molecule is CCN(CC)CCNC(=O)CC1CCN(C(=O)c2ccccc2Cl)CC1. The molecule has 0 radical (unpaired) electrons. The Morgan fingerprint density at radius 3 is 2.46 bits per heavy atom. The van der Waals surface area contributed by atoms with Gasteiger partial charge in [-0.1, -0.05) is 37.6 Å². The third-order valence-electron chi connectivity index (χ3n) is 5.12. The highest BCUT2D eigenvalue weighted by molar-refractivity contribution is 6.33. The van der Waals surface area contributed by atoms with Crippen molar-refractivity contribution in [1.82, 2.24) is 15.1 Å². The van der Waals surface area contributed by atoms with E-state index >= 15 is 0 Å². The summed E-state index contributed by atoms with van der Waals surface area (Å²) in [4.78, 5) is 28.8. The summed E-state index contributed by atoms with van der Waals surface area (Å²) < 4.78 is 0. The van der Waals surface area contributed by atoms with Crippen molar-refractivity contribution in [3.63, 3.8) is 0 Å². The number of carbonyl (C=O) groups excluding carboxylic acids is 2. The lowest BCUT2D eigenvalue weighted by Crippen LogP contribution is -2.40. The van der Waals surface area contributed by atoms with E-state index < -0.39 is 0 Å². The molecule has 1 aliphatic rings. The average molecular weight is 380 g/mol. The maximum absolute atomic E-state index is 12.6. The number of likely N-dealkylation sites (N-methyl/N-ethyl adjacent to an activating group) is 1. The lowest BCUT2D eigenvalue weighted by Gasteiger charge is -2.32. The van der Waals surface area contributed by atoms with Crippen LogP contribution in [0.2, 0.25) is 5.02 Å². The fourth-order valence-corrected chi connectivity index (χ4v) is 3.59. The van der Waals surface area contributed by atoms with E-state index in [1.165, 1.54) is 0 Å². The van der Waals surface area contributed by atoms with E-state index in [0.29, 0.717) is 42.6 Å². The highest BCUT2D eigenvalue weighted by atomic mass is 35.5. The van der Waals surface area contributed by atoms with Crippen molar-refractivity contribution in [1.29, 1.82) is 0 Å². The third-order valence-corrected chi connectivity index (χ3v) is 5.45. The summed E-state index contributed by atoms with van der Waals surface area (Å²) in [5.41, 5.74) is 0.557. The molecule has 0 spiro atoms. The van der Waals surface area contributed by atoms with Gasteiger partial charge in [-0.2, -0.15) is 0 Å². The number of piperidine rings is 1. The number of rotatable bonds is 8. The summed E-state index contributed by atoms with van der Waals surface area (Å²) in [5.74, 6) is 0.449. The van der Waals surface area contributed by atoms with Gasteiger partial charge in [0.1, 0.15) is 0 Å². The molecule has 144 valence electrons. The van der Waals surface area contributed by atoms with Gasteiger partial charge < -0.3 is 15.1 Å². The van der Waals surface area contributed by atoms with Gasteiger partial charge in [-0.05, 0) is 44.0 Å². The van der Waals surface area contributed by atoms with Gasteiger partial charge in [0, 0.05) is 32.6 Å².